The van der Waals surface area contributed by atoms with Crippen molar-refractivity contribution >= 4 is 16.0 Å². The molecule has 0 heterocycles. The van der Waals surface area contributed by atoms with Crippen LogP contribution in [0.3, 0.4) is 0 Å². The Morgan fingerprint density at radius 3 is 1.14 bits per heavy atom. The van der Waals surface area contributed by atoms with Crippen LogP contribution in [0.4, 0.5) is 0 Å². The van der Waals surface area contributed by atoms with Crippen molar-refractivity contribution in [2.45, 2.75) is 283 Å². The van der Waals surface area contributed by atoms with Gasteiger partial charge in [0.05, 0.1) is 17.9 Å². The number of hydrogen-bond acceptors (Lipinski definition) is 4. The standard InChI is InChI=1S/C50H97NO5S/c1-3-5-7-9-11-13-15-17-19-21-23-24-25-26-28-30-32-34-36-38-40-42-44-46-50(53)51-48(47-57(54,55)56)49(52)45-43-41-39-37-35-33-31-29-27-22-20-18-16-14-12-10-8-6-4-2/h15,17,21,23,48-49,52H,3-14,16,18-20,22,24-47H2,1-2H3,(H,51,53)(H,54,55,56)/b17-15-,23-21-. The average Bonchev–Trinajstić information content (AvgIpc) is 3.18. The van der Waals surface area contributed by atoms with Crippen molar-refractivity contribution in [3.05, 3.63) is 24.3 Å². The number of carbonyl (C=O) groups is 1. The van der Waals surface area contributed by atoms with Crippen molar-refractivity contribution in [1.29, 1.82) is 0 Å². The van der Waals surface area contributed by atoms with Gasteiger partial charge in [0.2, 0.25) is 5.91 Å². The molecule has 0 saturated carbocycles. The molecule has 338 valence electrons. The first-order valence-corrected chi connectivity index (χ1v) is 26.6. The van der Waals surface area contributed by atoms with Gasteiger partial charge in [0.1, 0.15) is 0 Å². The maximum absolute atomic E-state index is 12.6. The second-order valence-electron chi connectivity index (χ2n) is 17.5. The van der Waals surface area contributed by atoms with E-state index < -0.39 is 28.0 Å². The third-order valence-corrected chi connectivity index (χ3v) is 12.4. The van der Waals surface area contributed by atoms with E-state index >= 15 is 0 Å². The molecule has 0 fully saturated rings. The molecule has 7 heteroatoms. The summed E-state index contributed by atoms with van der Waals surface area (Å²) in [5.41, 5.74) is 0. The van der Waals surface area contributed by atoms with Gasteiger partial charge in [0.25, 0.3) is 10.1 Å². The Morgan fingerprint density at radius 1 is 0.474 bits per heavy atom. The van der Waals surface area contributed by atoms with Gasteiger partial charge in [0.15, 0.2) is 0 Å². The molecule has 0 aromatic heterocycles. The molecule has 0 radical (unpaired) electrons. The number of carbonyl (C=O) groups excluding carboxylic acids is 1. The zero-order valence-corrected chi connectivity index (χ0v) is 38.8. The van der Waals surface area contributed by atoms with Crippen molar-refractivity contribution in [1.82, 2.24) is 5.32 Å². The molecule has 0 bridgehead atoms. The van der Waals surface area contributed by atoms with E-state index in [0.29, 0.717) is 12.8 Å². The van der Waals surface area contributed by atoms with E-state index in [1.807, 2.05) is 0 Å². The molecule has 2 atom stereocenters. The fourth-order valence-electron chi connectivity index (χ4n) is 7.90. The second kappa shape index (κ2) is 44.4. The first-order valence-electron chi connectivity index (χ1n) is 25.0. The van der Waals surface area contributed by atoms with E-state index in [0.717, 1.165) is 44.9 Å². The Bertz CT molecular complexity index is 997. The molecule has 2 unspecified atom stereocenters. The highest BCUT2D eigenvalue weighted by Crippen LogP contribution is 2.17. The van der Waals surface area contributed by atoms with Crippen LogP contribution in [-0.4, -0.2) is 41.9 Å². The van der Waals surface area contributed by atoms with Gasteiger partial charge in [0, 0.05) is 6.42 Å². The summed E-state index contributed by atoms with van der Waals surface area (Å²) in [4.78, 5) is 12.6. The van der Waals surface area contributed by atoms with Crippen molar-refractivity contribution in [2.75, 3.05) is 5.75 Å². The van der Waals surface area contributed by atoms with E-state index in [-0.39, 0.29) is 5.91 Å². The van der Waals surface area contributed by atoms with Gasteiger partial charge in [-0.15, -0.1) is 0 Å². The summed E-state index contributed by atoms with van der Waals surface area (Å²) in [7, 11) is -4.31. The summed E-state index contributed by atoms with van der Waals surface area (Å²) < 4.78 is 32.7. The molecule has 0 aromatic rings. The molecule has 0 aliphatic carbocycles. The van der Waals surface area contributed by atoms with Crippen LogP contribution in [0.1, 0.15) is 271 Å². The molecule has 0 saturated heterocycles. The molecule has 1 amide bonds. The van der Waals surface area contributed by atoms with E-state index in [2.05, 4.69) is 43.5 Å². The van der Waals surface area contributed by atoms with Crippen LogP contribution in [0, 0.1) is 0 Å². The lowest BCUT2D eigenvalue weighted by atomic mass is 10.0. The monoisotopic (exact) mass is 824 g/mol. The fraction of sp³-hybridized carbons (Fsp3) is 0.900. The van der Waals surface area contributed by atoms with Gasteiger partial charge in [-0.3, -0.25) is 9.35 Å². The SMILES string of the molecule is CCCCCCC/C=C\C/C=C\CCCCCCCCCCCCCC(=O)NC(CS(=O)(=O)O)C(O)CCCCCCCCCCCCCCCCCCCCC. The van der Waals surface area contributed by atoms with E-state index in [9.17, 15) is 22.9 Å². The number of hydrogen-bond donors (Lipinski definition) is 3. The predicted molar refractivity (Wildman–Crippen MR) is 249 cm³/mol. The summed E-state index contributed by atoms with van der Waals surface area (Å²) in [5.74, 6) is -0.889. The lowest BCUT2D eigenvalue weighted by Crippen LogP contribution is -2.47. The van der Waals surface area contributed by atoms with Crippen molar-refractivity contribution < 1.29 is 22.9 Å². The largest absolute Gasteiger partial charge is 0.391 e. The number of unbranched alkanes of at least 4 members (excludes halogenated alkanes) is 34. The second-order valence-corrected chi connectivity index (χ2v) is 18.9. The number of aliphatic hydroxyl groups excluding tert-OH is 1. The van der Waals surface area contributed by atoms with E-state index in [4.69, 9.17) is 0 Å². The number of amides is 1. The van der Waals surface area contributed by atoms with Gasteiger partial charge in [-0.25, -0.2) is 0 Å². The highest BCUT2D eigenvalue weighted by molar-refractivity contribution is 7.85. The van der Waals surface area contributed by atoms with E-state index in [1.54, 1.807) is 0 Å². The number of allylic oxidation sites excluding steroid dienone is 4. The minimum absolute atomic E-state index is 0.244. The zero-order valence-electron chi connectivity index (χ0n) is 38.0. The zero-order chi connectivity index (χ0) is 41.8. The predicted octanol–water partition coefficient (Wildman–Crippen LogP) is 15.5. The molecule has 0 rings (SSSR count). The number of aliphatic hydroxyl groups is 1. The van der Waals surface area contributed by atoms with Gasteiger partial charge >= 0.3 is 0 Å². The van der Waals surface area contributed by atoms with Crippen LogP contribution >= 0.6 is 0 Å². The molecule has 0 aliphatic rings. The summed E-state index contributed by atoms with van der Waals surface area (Å²) in [6.45, 7) is 4.54. The molecular formula is C50H97NO5S. The summed E-state index contributed by atoms with van der Waals surface area (Å²) in [6.07, 6.45) is 57.1. The molecule has 57 heavy (non-hydrogen) atoms. The van der Waals surface area contributed by atoms with Gasteiger partial charge < -0.3 is 10.4 Å². The number of rotatable bonds is 46. The van der Waals surface area contributed by atoms with E-state index in [1.165, 1.54) is 199 Å². The van der Waals surface area contributed by atoms with Crippen LogP contribution in [0.15, 0.2) is 24.3 Å². The quantitative estimate of drug-likeness (QED) is 0.0322. The molecule has 3 N–H and O–H groups in total. The van der Waals surface area contributed by atoms with Crippen LogP contribution in [0.2, 0.25) is 0 Å². The average molecular weight is 824 g/mol. The van der Waals surface area contributed by atoms with Gasteiger partial charge in [-0.1, -0.05) is 244 Å². The first-order chi connectivity index (χ1) is 27.8. The highest BCUT2D eigenvalue weighted by atomic mass is 32.2. The molecule has 6 nitrogen and oxygen atoms in total. The normalized spacial score (nSPS) is 13.3. The van der Waals surface area contributed by atoms with Crippen LogP contribution < -0.4 is 5.32 Å². The fourth-order valence-corrected chi connectivity index (χ4v) is 8.66. The third-order valence-electron chi connectivity index (χ3n) is 11.7. The van der Waals surface area contributed by atoms with Crippen molar-refractivity contribution in [2.24, 2.45) is 0 Å². The lowest BCUT2D eigenvalue weighted by Gasteiger charge is -2.23. The Kier molecular flexibility index (Phi) is 43.5. The summed E-state index contributed by atoms with van der Waals surface area (Å²) >= 11 is 0. The van der Waals surface area contributed by atoms with Crippen LogP contribution in [0.25, 0.3) is 0 Å². The van der Waals surface area contributed by atoms with Crippen molar-refractivity contribution in [3.63, 3.8) is 0 Å². The smallest absolute Gasteiger partial charge is 0.266 e. The molecule has 0 aromatic carbocycles. The minimum Gasteiger partial charge on any atom is -0.391 e. The highest BCUT2D eigenvalue weighted by Gasteiger charge is 2.26. The van der Waals surface area contributed by atoms with Gasteiger partial charge in [-0.2, -0.15) is 8.42 Å². The summed E-state index contributed by atoms with van der Waals surface area (Å²) in [5, 5.41) is 13.4. The Morgan fingerprint density at radius 2 is 0.789 bits per heavy atom. The Labute approximate surface area is 355 Å². The van der Waals surface area contributed by atoms with Crippen molar-refractivity contribution in [3.8, 4) is 0 Å². The Balaban J connectivity index is 3.75. The molecule has 0 spiro atoms. The summed E-state index contributed by atoms with van der Waals surface area (Å²) in [6, 6.07) is -0.971. The molecule has 0 aliphatic heterocycles. The number of nitrogens with one attached hydrogen (secondary N) is 1. The topological polar surface area (TPSA) is 104 Å². The lowest BCUT2D eigenvalue weighted by molar-refractivity contribution is -0.122. The maximum atomic E-state index is 12.6. The molecular weight excluding hydrogens is 727 g/mol. The van der Waals surface area contributed by atoms with Gasteiger partial charge in [-0.05, 0) is 44.9 Å². The van der Waals surface area contributed by atoms with Crippen LogP contribution in [-0.2, 0) is 14.9 Å². The van der Waals surface area contributed by atoms with Crippen LogP contribution in [0.5, 0.6) is 0 Å². The first kappa shape index (κ1) is 55.8. The maximum Gasteiger partial charge on any atom is 0.266 e. The minimum atomic E-state index is -4.31. The third kappa shape index (κ3) is 45.7. The Hall–Kier alpha value is -1.18.